The van der Waals surface area contributed by atoms with Gasteiger partial charge in [-0.25, -0.2) is 8.42 Å². The van der Waals surface area contributed by atoms with Gasteiger partial charge in [0.15, 0.2) is 0 Å². The first-order chi connectivity index (χ1) is 12.5. The lowest BCUT2D eigenvalue weighted by Gasteiger charge is -2.33. The molecule has 1 aliphatic carbocycles. The topological polar surface area (TPSA) is 46.6 Å². The van der Waals surface area contributed by atoms with Crippen molar-refractivity contribution in [3.63, 3.8) is 0 Å². The summed E-state index contributed by atoms with van der Waals surface area (Å²) in [5.41, 5.74) is 1.71. The first kappa shape index (κ1) is 18.8. The van der Waals surface area contributed by atoms with Crippen LogP contribution in [0.15, 0.2) is 54.6 Å². The SMILES string of the molecule is CC(C)S(=O)(=O)N(c1ccccc1OCc1ccccc1)C1CCCC1. The van der Waals surface area contributed by atoms with E-state index in [1.165, 1.54) is 0 Å². The zero-order valence-corrected chi connectivity index (χ0v) is 16.3. The van der Waals surface area contributed by atoms with Gasteiger partial charge >= 0.3 is 0 Å². The van der Waals surface area contributed by atoms with Gasteiger partial charge in [-0.15, -0.1) is 0 Å². The molecule has 2 aromatic carbocycles. The Morgan fingerprint density at radius 1 is 1.00 bits per heavy atom. The van der Waals surface area contributed by atoms with E-state index in [1.54, 1.807) is 18.2 Å². The third-order valence-electron chi connectivity index (χ3n) is 4.87. The molecule has 140 valence electrons. The fourth-order valence-electron chi connectivity index (χ4n) is 3.40. The average Bonchev–Trinajstić information content (AvgIpc) is 3.15. The molecule has 0 spiro atoms. The second-order valence-electron chi connectivity index (χ2n) is 7.07. The summed E-state index contributed by atoms with van der Waals surface area (Å²) < 4.78 is 33.9. The zero-order valence-electron chi connectivity index (χ0n) is 15.5. The van der Waals surface area contributed by atoms with Gasteiger partial charge in [0, 0.05) is 6.04 Å². The highest BCUT2D eigenvalue weighted by Crippen LogP contribution is 2.37. The molecule has 0 amide bonds. The lowest BCUT2D eigenvalue weighted by molar-refractivity contribution is 0.306. The Bertz CT molecular complexity index is 812. The maximum absolute atomic E-state index is 13.1. The Kier molecular flexibility index (Phi) is 5.87. The van der Waals surface area contributed by atoms with Crippen molar-refractivity contribution in [2.45, 2.75) is 57.4 Å². The van der Waals surface area contributed by atoms with Crippen molar-refractivity contribution >= 4 is 15.7 Å². The molecule has 0 aliphatic heterocycles. The second-order valence-corrected chi connectivity index (χ2v) is 9.44. The van der Waals surface area contributed by atoms with Crippen molar-refractivity contribution < 1.29 is 13.2 Å². The van der Waals surface area contributed by atoms with E-state index < -0.39 is 15.3 Å². The van der Waals surface area contributed by atoms with Gasteiger partial charge in [-0.05, 0) is 44.4 Å². The van der Waals surface area contributed by atoms with E-state index in [9.17, 15) is 8.42 Å². The van der Waals surface area contributed by atoms with Crippen LogP contribution >= 0.6 is 0 Å². The fourth-order valence-corrected chi connectivity index (χ4v) is 4.91. The van der Waals surface area contributed by atoms with Crippen molar-refractivity contribution in [1.29, 1.82) is 0 Å². The summed E-state index contributed by atoms with van der Waals surface area (Å²) in [5, 5.41) is -0.467. The summed E-state index contributed by atoms with van der Waals surface area (Å²) in [6.07, 6.45) is 3.95. The summed E-state index contributed by atoms with van der Waals surface area (Å²) in [4.78, 5) is 0. The average molecular weight is 374 g/mol. The number of benzene rings is 2. The Labute approximate surface area is 156 Å². The van der Waals surface area contributed by atoms with Crippen LogP contribution in [0, 0.1) is 0 Å². The molecule has 0 heterocycles. The summed E-state index contributed by atoms with van der Waals surface area (Å²) in [6.45, 7) is 3.90. The van der Waals surface area contributed by atoms with Crippen LogP contribution in [-0.4, -0.2) is 19.7 Å². The molecule has 0 saturated heterocycles. The molecule has 0 radical (unpaired) electrons. The normalized spacial score (nSPS) is 15.3. The van der Waals surface area contributed by atoms with E-state index in [2.05, 4.69) is 0 Å². The molecule has 1 saturated carbocycles. The minimum absolute atomic E-state index is 0.0175. The number of ether oxygens (including phenoxy) is 1. The lowest BCUT2D eigenvalue weighted by atomic mass is 10.2. The van der Waals surface area contributed by atoms with Crippen LogP contribution in [0.3, 0.4) is 0 Å². The van der Waals surface area contributed by atoms with Crippen LogP contribution in [0.5, 0.6) is 5.75 Å². The Balaban J connectivity index is 1.94. The van der Waals surface area contributed by atoms with Crippen LogP contribution in [0.25, 0.3) is 0 Å². The van der Waals surface area contributed by atoms with Gasteiger partial charge in [0.2, 0.25) is 10.0 Å². The summed E-state index contributed by atoms with van der Waals surface area (Å²) in [7, 11) is -3.43. The standard InChI is InChI=1S/C21H27NO3S/c1-17(2)26(23,24)22(19-12-6-7-13-19)20-14-8-9-15-21(20)25-16-18-10-4-3-5-11-18/h3-5,8-11,14-15,17,19H,6-7,12-13,16H2,1-2H3. The quantitative estimate of drug-likeness (QED) is 0.703. The number of rotatable bonds is 7. The molecule has 3 rings (SSSR count). The van der Waals surface area contributed by atoms with Crippen molar-refractivity contribution in [2.24, 2.45) is 0 Å². The van der Waals surface area contributed by atoms with E-state index in [1.807, 2.05) is 54.6 Å². The predicted molar refractivity (Wildman–Crippen MR) is 106 cm³/mol. The van der Waals surface area contributed by atoms with Gasteiger partial charge in [0.25, 0.3) is 0 Å². The van der Waals surface area contributed by atoms with Gasteiger partial charge < -0.3 is 4.74 Å². The molecule has 0 unspecified atom stereocenters. The van der Waals surface area contributed by atoms with E-state index in [4.69, 9.17) is 4.74 Å². The van der Waals surface area contributed by atoms with Crippen molar-refractivity contribution in [3.05, 3.63) is 60.2 Å². The van der Waals surface area contributed by atoms with E-state index in [0.29, 0.717) is 18.0 Å². The molecular formula is C21H27NO3S. The molecular weight excluding hydrogens is 346 g/mol. The lowest BCUT2D eigenvalue weighted by Crippen LogP contribution is -2.43. The molecule has 2 aromatic rings. The minimum atomic E-state index is -3.43. The van der Waals surface area contributed by atoms with E-state index in [-0.39, 0.29) is 6.04 Å². The number of sulfonamides is 1. The molecule has 1 fully saturated rings. The zero-order chi connectivity index (χ0) is 18.6. The van der Waals surface area contributed by atoms with Gasteiger partial charge in [-0.1, -0.05) is 55.3 Å². The number of hydrogen-bond donors (Lipinski definition) is 0. The maximum atomic E-state index is 13.1. The van der Waals surface area contributed by atoms with Crippen LogP contribution in [0.4, 0.5) is 5.69 Å². The molecule has 0 bridgehead atoms. The Morgan fingerprint density at radius 3 is 2.27 bits per heavy atom. The summed E-state index contributed by atoms with van der Waals surface area (Å²) in [6, 6.07) is 17.4. The van der Waals surface area contributed by atoms with Crippen LogP contribution in [-0.2, 0) is 16.6 Å². The number of nitrogens with zero attached hydrogens (tertiary/aromatic N) is 1. The minimum Gasteiger partial charge on any atom is -0.487 e. The first-order valence-electron chi connectivity index (χ1n) is 9.29. The highest BCUT2D eigenvalue weighted by Gasteiger charge is 2.35. The van der Waals surface area contributed by atoms with Crippen molar-refractivity contribution in [2.75, 3.05) is 4.31 Å². The highest BCUT2D eigenvalue weighted by atomic mass is 32.2. The summed E-state index contributed by atoms with van der Waals surface area (Å²) in [5.74, 6) is 0.618. The van der Waals surface area contributed by atoms with Crippen molar-refractivity contribution in [1.82, 2.24) is 0 Å². The highest BCUT2D eigenvalue weighted by molar-refractivity contribution is 7.93. The number of hydrogen-bond acceptors (Lipinski definition) is 3. The molecule has 1 aliphatic rings. The number of para-hydroxylation sites is 2. The van der Waals surface area contributed by atoms with Crippen LogP contribution in [0.1, 0.15) is 45.1 Å². The largest absolute Gasteiger partial charge is 0.487 e. The Morgan fingerprint density at radius 2 is 1.62 bits per heavy atom. The van der Waals surface area contributed by atoms with Gasteiger partial charge in [0.1, 0.15) is 12.4 Å². The van der Waals surface area contributed by atoms with Crippen LogP contribution in [0.2, 0.25) is 0 Å². The molecule has 5 heteroatoms. The number of anilines is 1. The monoisotopic (exact) mass is 373 g/mol. The van der Waals surface area contributed by atoms with E-state index in [0.717, 1.165) is 31.2 Å². The molecule has 0 N–H and O–H groups in total. The third kappa shape index (κ3) is 4.04. The van der Waals surface area contributed by atoms with Gasteiger partial charge in [-0.3, -0.25) is 4.31 Å². The van der Waals surface area contributed by atoms with Gasteiger partial charge in [0.05, 0.1) is 10.9 Å². The summed E-state index contributed by atoms with van der Waals surface area (Å²) >= 11 is 0. The molecule has 0 aromatic heterocycles. The smallest absolute Gasteiger partial charge is 0.237 e. The molecule has 4 nitrogen and oxygen atoms in total. The third-order valence-corrected chi connectivity index (χ3v) is 7.10. The molecule has 0 atom stereocenters. The van der Waals surface area contributed by atoms with E-state index >= 15 is 0 Å². The van der Waals surface area contributed by atoms with Crippen LogP contribution < -0.4 is 9.04 Å². The molecule has 26 heavy (non-hydrogen) atoms. The second kappa shape index (κ2) is 8.12. The first-order valence-corrected chi connectivity index (χ1v) is 10.8. The van der Waals surface area contributed by atoms with Crippen molar-refractivity contribution in [3.8, 4) is 5.75 Å². The van der Waals surface area contributed by atoms with Gasteiger partial charge in [-0.2, -0.15) is 0 Å². The predicted octanol–water partition coefficient (Wildman–Crippen LogP) is 4.75. The fraction of sp³-hybridized carbons (Fsp3) is 0.429. The Hall–Kier alpha value is -2.01. The maximum Gasteiger partial charge on any atom is 0.237 e.